The van der Waals surface area contributed by atoms with E-state index in [1.54, 1.807) is 55.5 Å². The van der Waals surface area contributed by atoms with Crippen LogP contribution in [0.5, 0.6) is 11.5 Å². The highest BCUT2D eigenvalue weighted by Crippen LogP contribution is 2.25. The largest absolute Gasteiger partial charge is 0.497 e. The van der Waals surface area contributed by atoms with Gasteiger partial charge in [0.25, 0.3) is 11.8 Å². The predicted octanol–water partition coefficient (Wildman–Crippen LogP) is 2.33. The molecule has 0 bridgehead atoms. The quantitative estimate of drug-likeness (QED) is 0.631. The van der Waals surface area contributed by atoms with Gasteiger partial charge in [0.15, 0.2) is 11.9 Å². The summed E-state index contributed by atoms with van der Waals surface area (Å²) in [5.41, 5.74) is 0.629. The standard InChI is InChI=1S/C19H17NO5/c1-12-18(22)20(19(23)15-8-3-4-9-17(15)25-12)11-16(21)13-6-5-7-14(10-13)24-2/h3-10,12H,11H2,1-2H3. The number of fused-ring (bicyclic) bond motifs is 1. The van der Waals surface area contributed by atoms with Crippen LogP contribution in [-0.4, -0.2) is 42.3 Å². The molecule has 128 valence electrons. The van der Waals surface area contributed by atoms with Crippen LogP contribution in [0, 0.1) is 0 Å². The van der Waals surface area contributed by atoms with Gasteiger partial charge in [-0.15, -0.1) is 0 Å². The molecule has 1 aliphatic rings. The van der Waals surface area contributed by atoms with Gasteiger partial charge < -0.3 is 9.47 Å². The van der Waals surface area contributed by atoms with Gasteiger partial charge in [0, 0.05) is 5.56 Å². The van der Waals surface area contributed by atoms with Crippen molar-refractivity contribution in [2.24, 2.45) is 0 Å². The van der Waals surface area contributed by atoms with Gasteiger partial charge in [-0.2, -0.15) is 0 Å². The fourth-order valence-corrected chi connectivity index (χ4v) is 2.63. The topological polar surface area (TPSA) is 72.9 Å². The summed E-state index contributed by atoms with van der Waals surface area (Å²) in [6.07, 6.45) is -0.856. The molecule has 2 aromatic carbocycles. The van der Waals surface area contributed by atoms with Crippen molar-refractivity contribution in [3.63, 3.8) is 0 Å². The van der Waals surface area contributed by atoms with Crippen molar-refractivity contribution in [3.05, 3.63) is 59.7 Å². The maximum absolute atomic E-state index is 12.7. The van der Waals surface area contributed by atoms with Crippen LogP contribution in [0.15, 0.2) is 48.5 Å². The number of nitrogens with zero attached hydrogens (tertiary/aromatic N) is 1. The second kappa shape index (κ2) is 6.76. The average molecular weight is 339 g/mol. The van der Waals surface area contributed by atoms with E-state index in [1.165, 1.54) is 7.11 Å². The fourth-order valence-electron chi connectivity index (χ4n) is 2.63. The third-order valence-electron chi connectivity index (χ3n) is 3.97. The molecule has 1 aliphatic heterocycles. The Balaban J connectivity index is 1.91. The van der Waals surface area contributed by atoms with Crippen molar-refractivity contribution < 1.29 is 23.9 Å². The highest BCUT2D eigenvalue weighted by Gasteiger charge is 2.35. The van der Waals surface area contributed by atoms with Gasteiger partial charge in [-0.25, -0.2) is 0 Å². The van der Waals surface area contributed by atoms with Crippen LogP contribution < -0.4 is 9.47 Å². The second-order valence-corrected chi connectivity index (χ2v) is 5.64. The third-order valence-corrected chi connectivity index (χ3v) is 3.97. The molecule has 1 unspecified atom stereocenters. The van der Waals surface area contributed by atoms with Crippen molar-refractivity contribution in [1.82, 2.24) is 4.90 Å². The Bertz CT molecular complexity index is 845. The molecule has 6 heteroatoms. The smallest absolute Gasteiger partial charge is 0.270 e. The van der Waals surface area contributed by atoms with E-state index in [2.05, 4.69) is 0 Å². The van der Waals surface area contributed by atoms with Gasteiger partial charge in [-0.3, -0.25) is 19.3 Å². The lowest BCUT2D eigenvalue weighted by Gasteiger charge is -2.19. The normalized spacial score (nSPS) is 16.7. The van der Waals surface area contributed by atoms with Gasteiger partial charge >= 0.3 is 0 Å². The van der Waals surface area contributed by atoms with Crippen LogP contribution in [-0.2, 0) is 4.79 Å². The lowest BCUT2D eigenvalue weighted by molar-refractivity contribution is -0.134. The lowest BCUT2D eigenvalue weighted by atomic mass is 10.1. The number of hydrogen-bond donors (Lipinski definition) is 0. The minimum atomic E-state index is -0.856. The summed E-state index contributed by atoms with van der Waals surface area (Å²) in [7, 11) is 1.50. The summed E-state index contributed by atoms with van der Waals surface area (Å²) < 4.78 is 10.7. The molecule has 2 amide bonds. The van der Waals surface area contributed by atoms with Gasteiger partial charge in [0.05, 0.1) is 19.2 Å². The van der Waals surface area contributed by atoms with Crippen molar-refractivity contribution >= 4 is 17.6 Å². The number of imide groups is 1. The Labute approximate surface area is 145 Å². The number of ether oxygens (including phenoxy) is 2. The van der Waals surface area contributed by atoms with Gasteiger partial charge in [-0.05, 0) is 31.2 Å². The van der Waals surface area contributed by atoms with Crippen LogP contribution in [0.1, 0.15) is 27.6 Å². The lowest BCUT2D eigenvalue weighted by Crippen LogP contribution is -2.44. The second-order valence-electron chi connectivity index (χ2n) is 5.64. The molecule has 0 aromatic heterocycles. The van der Waals surface area contributed by atoms with E-state index >= 15 is 0 Å². The van der Waals surface area contributed by atoms with Gasteiger partial charge in [0.1, 0.15) is 11.5 Å². The van der Waals surface area contributed by atoms with Crippen LogP contribution >= 0.6 is 0 Å². The first-order chi connectivity index (χ1) is 12.0. The number of para-hydroxylation sites is 1. The highest BCUT2D eigenvalue weighted by molar-refractivity contribution is 6.12. The number of benzene rings is 2. The zero-order valence-corrected chi connectivity index (χ0v) is 13.9. The molecule has 0 saturated heterocycles. The molecule has 0 spiro atoms. The fraction of sp³-hybridized carbons (Fsp3) is 0.211. The maximum atomic E-state index is 12.7. The number of Topliss-reactive ketones (excluding diaryl/α,β-unsaturated/α-hetero) is 1. The average Bonchev–Trinajstić information content (AvgIpc) is 2.72. The Morgan fingerprint density at radius 2 is 1.92 bits per heavy atom. The molecule has 0 fully saturated rings. The maximum Gasteiger partial charge on any atom is 0.270 e. The molecule has 1 atom stereocenters. The summed E-state index contributed by atoms with van der Waals surface area (Å²) in [4.78, 5) is 38.8. The Kier molecular flexibility index (Phi) is 4.52. The van der Waals surface area contributed by atoms with Crippen molar-refractivity contribution in [3.8, 4) is 11.5 Å². The third kappa shape index (κ3) is 3.24. The number of ketones is 1. The number of carbonyl (C=O) groups is 3. The number of amides is 2. The molecular weight excluding hydrogens is 322 g/mol. The summed E-state index contributed by atoms with van der Waals surface area (Å²) in [6.45, 7) is 1.20. The van der Waals surface area contributed by atoms with Crippen molar-refractivity contribution in [2.45, 2.75) is 13.0 Å². The SMILES string of the molecule is COc1cccc(C(=O)CN2C(=O)c3ccccc3OC(C)C2=O)c1. The Hall–Kier alpha value is -3.15. The highest BCUT2D eigenvalue weighted by atomic mass is 16.5. The Morgan fingerprint density at radius 1 is 1.16 bits per heavy atom. The van der Waals surface area contributed by atoms with Crippen LogP contribution in [0.2, 0.25) is 0 Å². The minimum absolute atomic E-state index is 0.263. The van der Waals surface area contributed by atoms with Crippen LogP contribution in [0.3, 0.4) is 0 Å². The first-order valence-electron chi connectivity index (χ1n) is 7.80. The van der Waals surface area contributed by atoms with E-state index in [0.29, 0.717) is 17.1 Å². The summed E-state index contributed by atoms with van der Waals surface area (Å²) in [6, 6.07) is 13.2. The molecule has 1 heterocycles. The van der Waals surface area contributed by atoms with E-state index in [0.717, 1.165) is 4.90 Å². The van der Waals surface area contributed by atoms with Gasteiger partial charge in [0.2, 0.25) is 0 Å². The van der Waals surface area contributed by atoms with E-state index < -0.39 is 17.9 Å². The summed E-state index contributed by atoms with van der Waals surface area (Å²) in [5.74, 6) is -0.572. The number of methoxy groups -OCH3 is 1. The summed E-state index contributed by atoms with van der Waals surface area (Å²) >= 11 is 0. The van der Waals surface area contributed by atoms with Crippen LogP contribution in [0.4, 0.5) is 0 Å². The molecule has 0 N–H and O–H groups in total. The monoisotopic (exact) mass is 339 g/mol. The first kappa shape index (κ1) is 16.7. The molecule has 0 radical (unpaired) electrons. The molecular formula is C19H17NO5. The van der Waals surface area contributed by atoms with Gasteiger partial charge in [-0.1, -0.05) is 24.3 Å². The van der Waals surface area contributed by atoms with Crippen molar-refractivity contribution in [1.29, 1.82) is 0 Å². The zero-order chi connectivity index (χ0) is 18.0. The molecule has 2 aromatic rings. The van der Waals surface area contributed by atoms with Crippen molar-refractivity contribution in [2.75, 3.05) is 13.7 Å². The minimum Gasteiger partial charge on any atom is -0.497 e. The van der Waals surface area contributed by atoms with E-state index in [4.69, 9.17) is 9.47 Å². The summed E-state index contributed by atoms with van der Waals surface area (Å²) in [5, 5.41) is 0. The van der Waals surface area contributed by atoms with E-state index in [1.807, 2.05) is 0 Å². The molecule has 0 saturated carbocycles. The first-order valence-corrected chi connectivity index (χ1v) is 7.80. The van der Waals surface area contributed by atoms with E-state index in [-0.39, 0.29) is 17.9 Å². The molecule has 3 rings (SSSR count). The number of hydrogen-bond acceptors (Lipinski definition) is 5. The molecule has 25 heavy (non-hydrogen) atoms. The number of rotatable bonds is 4. The van der Waals surface area contributed by atoms with Crippen LogP contribution in [0.25, 0.3) is 0 Å². The predicted molar refractivity (Wildman–Crippen MR) is 89.9 cm³/mol. The molecule has 0 aliphatic carbocycles. The van der Waals surface area contributed by atoms with E-state index in [9.17, 15) is 14.4 Å². The molecule has 6 nitrogen and oxygen atoms in total. The number of carbonyl (C=O) groups excluding carboxylic acids is 3. The zero-order valence-electron chi connectivity index (χ0n) is 13.9. The Morgan fingerprint density at radius 3 is 2.68 bits per heavy atom.